The van der Waals surface area contributed by atoms with E-state index in [4.69, 9.17) is 28.2 Å². The first-order valence-electron chi connectivity index (χ1n) is 7.04. The molecule has 1 unspecified atom stereocenters. The van der Waals surface area contributed by atoms with Crippen molar-refractivity contribution in [3.05, 3.63) is 49.9 Å². The molecule has 2 nitrogen and oxygen atoms in total. The second kappa shape index (κ2) is 7.10. The molecule has 0 saturated heterocycles. The molecule has 0 aliphatic heterocycles. The van der Waals surface area contributed by atoms with E-state index in [9.17, 15) is 0 Å². The number of halogens is 2. The van der Waals surface area contributed by atoms with Gasteiger partial charge in [0, 0.05) is 21.5 Å². The normalized spacial score (nSPS) is 13.1. The Morgan fingerprint density at radius 3 is 2.43 bits per heavy atom. The van der Waals surface area contributed by atoms with E-state index in [-0.39, 0.29) is 6.04 Å². The lowest BCUT2D eigenvalue weighted by Crippen LogP contribution is -2.29. The Morgan fingerprint density at radius 2 is 1.86 bits per heavy atom. The topological polar surface area (TPSA) is 24.9 Å². The van der Waals surface area contributed by atoms with Crippen molar-refractivity contribution in [3.8, 4) is 0 Å². The maximum atomic E-state index is 6.37. The number of rotatable bonds is 5. The third-order valence-electron chi connectivity index (χ3n) is 3.15. The van der Waals surface area contributed by atoms with Crippen molar-refractivity contribution in [1.82, 2.24) is 10.3 Å². The molecule has 0 spiro atoms. The average Bonchev–Trinajstić information content (AvgIpc) is 2.88. The van der Waals surface area contributed by atoms with Crippen LogP contribution in [0.25, 0.3) is 0 Å². The van der Waals surface area contributed by atoms with Gasteiger partial charge >= 0.3 is 0 Å². The fourth-order valence-electron chi connectivity index (χ4n) is 2.06. The van der Waals surface area contributed by atoms with Gasteiger partial charge in [0.2, 0.25) is 0 Å². The monoisotopic (exact) mass is 342 g/mol. The minimum Gasteiger partial charge on any atom is -0.302 e. The number of hydrogen-bond donors (Lipinski definition) is 1. The first-order chi connectivity index (χ1) is 9.88. The zero-order chi connectivity index (χ0) is 15.6. The first-order valence-corrected chi connectivity index (χ1v) is 8.68. The summed E-state index contributed by atoms with van der Waals surface area (Å²) in [4.78, 5) is 4.76. The lowest BCUT2D eigenvalue weighted by atomic mass is 10.1. The van der Waals surface area contributed by atoms with Crippen molar-refractivity contribution in [3.63, 3.8) is 0 Å². The lowest BCUT2D eigenvalue weighted by molar-refractivity contribution is 0.526. The molecule has 114 valence electrons. The smallest absolute Gasteiger partial charge is 0.114 e. The standard InChI is InChI=1S/C16H20Cl2N2S/c1-9(2)14-8-21-16(20-14)15(19-10(3)4)12-7-11(17)5-6-13(12)18/h5-10,15,19H,1-4H3. The van der Waals surface area contributed by atoms with Gasteiger partial charge in [0.25, 0.3) is 0 Å². The van der Waals surface area contributed by atoms with Crippen molar-refractivity contribution in [2.45, 2.75) is 45.7 Å². The summed E-state index contributed by atoms with van der Waals surface area (Å²) in [6, 6.07) is 5.84. The van der Waals surface area contributed by atoms with Crippen LogP contribution in [-0.4, -0.2) is 11.0 Å². The van der Waals surface area contributed by atoms with E-state index in [1.54, 1.807) is 17.4 Å². The highest BCUT2D eigenvalue weighted by Gasteiger charge is 2.22. The molecule has 1 N–H and O–H groups in total. The summed E-state index contributed by atoms with van der Waals surface area (Å²) in [5.41, 5.74) is 2.09. The van der Waals surface area contributed by atoms with Crippen LogP contribution < -0.4 is 5.32 Å². The first kappa shape index (κ1) is 16.8. The highest BCUT2D eigenvalue weighted by molar-refractivity contribution is 7.09. The fourth-order valence-corrected chi connectivity index (χ4v) is 3.52. The Labute approximate surface area is 140 Å². The molecule has 21 heavy (non-hydrogen) atoms. The lowest BCUT2D eigenvalue weighted by Gasteiger charge is -2.21. The molecule has 0 radical (unpaired) electrons. The van der Waals surface area contributed by atoms with Crippen LogP contribution in [0.5, 0.6) is 0 Å². The highest BCUT2D eigenvalue weighted by atomic mass is 35.5. The number of aromatic nitrogens is 1. The Bertz CT molecular complexity index is 608. The third-order valence-corrected chi connectivity index (χ3v) is 4.65. The third kappa shape index (κ3) is 4.19. The molecule has 1 aromatic heterocycles. The van der Waals surface area contributed by atoms with E-state index < -0.39 is 0 Å². The van der Waals surface area contributed by atoms with Crippen LogP contribution in [0.4, 0.5) is 0 Å². The molecule has 0 aliphatic carbocycles. The zero-order valence-corrected chi connectivity index (χ0v) is 15.0. The van der Waals surface area contributed by atoms with Crippen LogP contribution in [0.15, 0.2) is 23.6 Å². The maximum Gasteiger partial charge on any atom is 0.114 e. The van der Waals surface area contributed by atoms with Crippen molar-refractivity contribution >= 4 is 34.5 Å². The van der Waals surface area contributed by atoms with E-state index in [1.807, 2.05) is 12.1 Å². The second-order valence-electron chi connectivity index (χ2n) is 5.69. The average molecular weight is 343 g/mol. The molecule has 1 heterocycles. The van der Waals surface area contributed by atoms with Gasteiger partial charge in [-0.1, -0.05) is 37.0 Å². The Hall–Kier alpha value is -0.610. The molecular formula is C16H20Cl2N2S. The van der Waals surface area contributed by atoms with Crippen LogP contribution >= 0.6 is 34.5 Å². The van der Waals surface area contributed by atoms with Gasteiger partial charge in [-0.25, -0.2) is 4.98 Å². The minimum absolute atomic E-state index is 0.0336. The molecule has 1 aromatic carbocycles. The van der Waals surface area contributed by atoms with Crippen LogP contribution in [0.3, 0.4) is 0 Å². The van der Waals surface area contributed by atoms with E-state index in [2.05, 4.69) is 38.4 Å². The predicted molar refractivity (Wildman–Crippen MR) is 92.8 cm³/mol. The number of nitrogens with one attached hydrogen (secondary N) is 1. The summed E-state index contributed by atoms with van der Waals surface area (Å²) >= 11 is 14.2. The van der Waals surface area contributed by atoms with E-state index >= 15 is 0 Å². The summed E-state index contributed by atoms with van der Waals surface area (Å²) < 4.78 is 0. The molecule has 2 aromatic rings. The molecule has 2 rings (SSSR count). The van der Waals surface area contributed by atoms with Crippen LogP contribution in [0.2, 0.25) is 10.0 Å². The summed E-state index contributed by atoms with van der Waals surface area (Å²) in [5.74, 6) is 0.421. The Morgan fingerprint density at radius 1 is 1.14 bits per heavy atom. The molecule has 1 atom stereocenters. The number of thiazole rings is 1. The van der Waals surface area contributed by atoms with Crippen LogP contribution in [-0.2, 0) is 0 Å². The van der Waals surface area contributed by atoms with Gasteiger partial charge < -0.3 is 5.32 Å². The van der Waals surface area contributed by atoms with Gasteiger partial charge in [-0.2, -0.15) is 0 Å². The van der Waals surface area contributed by atoms with Gasteiger partial charge in [0.1, 0.15) is 5.01 Å². The van der Waals surface area contributed by atoms with E-state index in [0.717, 1.165) is 16.3 Å². The number of benzene rings is 1. The Kier molecular flexibility index (Phi) is 5.67. The largest absolute Gasteiger partial charge is 0.302 e. The zero-order valence-electron chi connectivity index (χ0n) is 12.7. The minimum atomic E-state index is -0.0336. The number of hydrogen-bond acceptors (Lipinski definition) is 3. The quantitative estimate of drug-likeness (QED) is 0.758. The van der Waals surface area contributed by atoms with Crippen molar-refractivity contribution in [1.29, 1.82) is 0 Å². The van der Waals surface area contributed by atoms with Crippen LogP contribution in [0, 0.1) is 0 Å². The van der Waals surface area contributed by atoms with Gasteiger partial charge in [-0.05, 0) is 43.5 Å². The van der Waals surface area contributed by atoms with Gasteiger partial charge in [0.05, 0.1) is 11.7 Å². The molecular weight excluding hydrogens is 323 g/mol. The fraction of sp³-hybridized carbons (Fsp3) is 0.438. The summed E-state index contributed by atoms with van der Waals surface area (Å²) in [6.45, 7) is 8.52. The summed E-state index contributed by atoms with van der Waals surface area (Å²) in [6.07, 6.45) is 0. The maximum absolute atomic E-state index is 6.37. The molecule has 0 fully saturated rings. The predicted octanol–water partition coefficient (Wildman–Crippen LogP) is 5.66. The van der Waals surface area contributed by atoms with E-state index in [0.29, 0.717) is 22.0 Å². The Balaban J connectivity index is 2.44. The van der Waals surface area contributed by atoms with Gasteiger partial charge in [-0.15, -0.1) is 11.3 Å². The van der Waals surface area contributed by atoms with Crippen molar-refractivity contribution < 1.29 is 0 Å². The summed E-state index contributed by atoms with van der Waals surface area (Å²) in [5, 5.41) is 8.07. The molecule has 0 bridgehead atoms. The SMILES string of the molecule is CC(C)NC(c1nc(C(C)C)cs1)c1cc(Cl)ccc1Cl. The van der Waals surface area contributed by atoms with Crippen molar-refractivity contribution in [2.75, 3.05) is 0 Å². The molecule has 0 amide bonds. The second-order valence-corrected chi connectivity index (χ2v) is 7.42. The van der Waals surface area contributed by atoms with Gasteiger partial charge in [-0.3, -0.25) is 0 Å². The molecule has 0 saturated carbocycles. The summed E-state index contributed by atoms with van der Waals surface area (Å²) in [7, 11) is 0. The van der Waals surface area contributed by atoms with E-state index in [1.165, 1.54) is 0 Å². The van der Waals surface area contributed by atoms with Crippen LogP contribution in [0.1, 0.15) is 55.9 Å². The van der Waals surface area contributed by atoms with Gasteiger partial charge in [0.15, 0.2) is 0 Å². The number of nitrogens with zero attached hydrogens (tertiary/aromatic N) is 1. The van der Waals surface area contributed by atoms with Crippen molar-refractivity contribution in [2.24, 2.45) is 0 Å². The molecule has 5 heteroatoms. The molecule has 0 aliphatic rings. The highest BCUT2D eigenvalue weighted by Crippen LogP contribution is 2.33.